The van der Waals surface area contributed by atoms with Gasteiger partial charge in [-0.1, -0.05) is 45.2 Å². The number of carboxylic acid groups (broad SMARTS) is 1. The molecule has 176 valence electrons. The maximum absolute atomic E-state index is 12.2. The summed E-state index contributed by atoms with van der Waals surface area (Å²) in [4.78, 5) is 26.5. The van der Waals surface area contributed by atoms with Crippen LogP contribution in [0.1, 0.15) is 60.2 Å². The number of rotatable bonds is 10. The highest BCUT2D eigenvalue weighted by molar-refractivity contribution is 5.95. The molecule has 6 nitrogen and oxygen atoms in total. The van der Waals surface area contributed by atoms with Crippen LogP contribution < -0.4 is 9.80 Å². The number of hydrogen-bond donors (Lipinski definition) is 1. The lowest BCUT2D eigenvalue weighted by atomic mass is 10.0. The van der Waals surface area contributed by atoms with Gasteiger partial charge in [-0.15, -0.1) is 0 Å². The molecule has 1 atom stereocenters. The molecule has 1 N–H and O–H groups in total. The van der Waals surface area contributed by atoms with Crippen LogP contribution >= 0.6 is 0 Å². The lowest BCUT2D eigenvalue weighted by molar-refractivity contribution is 0.0428. The minimum Gasteiger partial charge on any atom is -0.478 e. The fraction of sp³-hybridized carbons (Fsp3) is 0.462. The zero-order valence-corrected chi connectivity index (χ0v) is 20.3. The number of carbonyl (C=O) groups excluding carboxylic acids is 1. The predicted molar refractivity (Wildman–Crippen MR) is 132 cm³/mol. The Morgan fingerprint density at radius 2 is 1.56 bits per heavy atom. The molecular formula is C26H38N2O4. The molecule has 0 aliphatic rings. The van der Waals surface area contributed by atoms with Crippen LogP contribution in [0, 0.1) is 5.92 Å². The highest BCUT2D eigenvalue weighted by Gasteiger charge is 2.15. The number of nitrogens with zero attached hydrogens (tertiary/aromatic N) is 2. The quantitative estimate of drug-likeness (QED) is 0.485. The molecule has 0 spiro atoms. The zero-order valence-electron chi connectivity index (χ0n) is 20.3. The van der Waals surface area contributed by atoms with E-state index in [4.69, 9.17) is 9.84 Å². The van der Waals surface area contributed by atoms with Crippen molar-refractivity contribution in [3.8, 4) is 0 Å². The van der Waals surface area contributed by atoms with E-state index in [2.05, 4.69) is 13.8 Å². The van der Waals surface area contributed by atoms with E-state index in [0.717, 1.165) is 24.2 Å². The number of ether oxygens (including phenoxy) is 1. The van der Waals surface area contributed by atoms with Crippen molar-refractivity contribution in [1.82, 2.24) is 0 Å². The van der Waals surface area contributed by atoms with Crippen molar-refractivity contribution in [3.05, 3.63) is 59.7 Å². The predicted octanol–water partition coefficient (Wildman–Crippen LogP) is 5.58. The van der Waals surface area contributed by atoms with Crippen LogP contribution in [0.4, 0.5) is 11.4 Å². The van der Waals surface area contributed by atoms with Gasteiger partial charge in [-0.25, -0.2) is 9.59 Å². The van der Waals surface area contributed by atoms with Crippen molar-refractivity contribution in [2.24, 2.45) is 5.92 Å². The maximum Gasteiger partial charge on any atom is 0.340 e. The average Bonchev–Trinajstić information content (AvgIpc) is 2.79. The molecule has 2 aromatic carbocycles. The molecule has 0 saturated carbocycles. The molecule has 2 rings (SSSR count). The van der Waals surface area contributed by atoms with Gasteiger partial charge in [0.15, 0.2) is 0 Å². The Kier molecular flexibility index (Phi) is 11.9. The average molecular weight is 443 g/mol. The summed E-state index contributed by atoms with van der Waals surface area (Å²) in [5.41, 5.74) is 2.86. The lowest BCUT2D eigenvalue weighted by Gasteiger charge is -2.18. The largest absolute Gasteiger partial charge is 0.478 e. The van der Waals surface area contributed by atoms with Crippen LogP contribution in [0.2, 0.25) is 0 Å². The molecule has 1 unspecified atom stereocenters. The molecule has 0 fully saturated rings. The van der Waals surface area contributed by atoms with Crippen molar-refractivity contribution in [1.29, 1.82) is 0 Å². The van der Waals surface area contributed by atoms with Crippen molar-refractivity contribution in [2.75, 3.05) is 44.6 Å². The van der Waals surface area contributed by atoms with Crippen molar-refractivity contribution in [2.45, 2.75) is 39.5 Å². The Morgan fingerprint density at radius 3 is 2.06 bits per heavy atom. The number of benzene rings is 2. The Balaban J connectivity index is 0.000000363. The minimum absolute atomic E-state index is 0.218. The van der Waals surface area contributed by atoms with Crippen LogP contribution in [0.5, 0.6) is 0 Å². The Bertz CT molecular complexity index is 832. The van der Waals surface area contributed by atoms with Crippen LogP contribution in [-0.4, -0.2) is 51.8 Å². The summed E-state index contributed by atoms with van der Waals surface area (Å²) in [6.07, 6.45) is 4.58. The monoisotopic (exact) mass is 442 g/mol. The van der Waals surface area contributed by atoms with Crippen LogP contribution in [0.3, 0.4) is 0 Å². The molecule has 0 radical (unpaired) electrons. The molecule has 0 amide bonds. The van der Waals surface area contributed by atoms with Crippen molar-refractivity contribution < 1.29 is 19.4 Å². The summed E-state index contributed by atoms with van der Waals surface area (Å²) in [6, 6.07) is 14.3. The number of aromatic carboxylic acids is 1. The molecule has 0 aromatic heterocycles. The van der Waals surface area contributed by atoms with Gasteiger partial charge in [0.25, 0.3) is 0 Å². The van der Waals surface area contributed by atoms with Crippen molar-refractivity contribution in [3.63, 3.8) is 0 Å². The summed E-state index contributed by atoms with van der Waals surface area (Å²) < 4.78 is 5.50. The third kappa shape index (κ3) is 9.00. The molecule has 0 heterocycles. The lowest BCUT2D eigenvalue weighted by Crippen LogP contribution is -2.18. The van der Waals surface area contributed by atoms with Gasteiger partial charge in [-0.2, -0.15) is 0 Å². The van der Waals surface area contributed by atoms with E-state index in [0.29, 0.717) is 23.7 Å². The molecule has 0 bridgehead atoms. The fourth-order valence-corrected chi connectivity index (χ4v) is 3.11. The molecule has 2 aromatic rings. The first-order valence-corrected chi connectivity index (χ1v) is 11.1. The number of anilines is 2. The Labute approximate surface area is 192 Å². The minimum atomic E-state index is -0.889. The summed E-state index contributed by atoms with van der Waals surface area (Å²) in [7, 11) is 7.69. The summed E-state index contributed by atoms with van der Waals surface area (Å²) in [5.74, 6) is -0.630. The smallest absolute Gasteiger partial charge is 0.340 e. The summed E-state index contributed by atoms with van der Waals surface area (Å²) in [6.45, 7) is 4.87. The first-order valence-electron chi connectivity index (χ1n) is 11.1. The molecule has 0 saturated heterocycles. The van der Waals surface area contributed by atoms with Crippen LogP contribution in [0.15, 0.2) is 48.5 Å². The third-order valence-electron chi connectivity index (χ3n) is 5.23. The molecule has 6 heteroatoms. The van der Waals surface area contributed by atoms with Gasteiger partial charge >= 0.3 is 11.9 Å². The highest BCUT2D eigenvalue weighted by Crippen LogP contribution is 2.20. The number of carboxylic acids is 1. The fourth-order valence-electron chi connectivity index (χ4n) is 3.11. The second-order valence-electron chi connectivity index (χ2n) is 8.17. The van der Waals surface area contributed by atoms with E-state index in [1.807, 2.05) is 62.3 Å². The summed E-state index contributed by atoms with van der Waals surface area (Å²) in [5, 5.41) is 8.60. The maximum atomic E-state index is 12.2. The van der Waals surface area contributed by atoms with Crippen LogP contribution in [0.25, 0.3) is 0 Å². The van der Waals surface area contributed by atoms with E-state index in [-0.39, 0.29) is 5.97 Å². The number of unbranched alkanes of at least 4 members (excludes halogenated alkanes) is 1. The standard InChI is InChI=1S/C17H27NO2.C9H11NO2/c1-5-7-10-14(6-2)13-20-17(19)15-11-8-9-12-16(15)18(3)4;1-10(2)8-5-3-7(4-6-8)9(11)12/h8-9,11-12,14H,5-7,10,13H2,1-4H3;3-6H,1-2H3,(H,11,12). The normalized spacial score (nSPS) is 11.1. The second-order valence-corrected chi connectivity index (χ2v) is 8.17. The third-order valence-corrected chi connectivity index (χ3v) is 5.23. The van der Waals surface area contributed by atoms with Gasteiger partial charge in [-0.3, -0.25) is 0 Å². The first-order chi connectivity index (χ1) is 15.2. The van der Waals surface area contributed by atoms with Crippen molar-refractivity contribution >= 4 is 23.3 Å². The number of carbonyl (C=O) groups is 2. The molecule has 0 aliphatic carbocycles. The molecule has 32 heavy (non-hydrogen) atoms. The Hall–Kier alpha value is -3.02. The van der Waals surface area contributed by atoms with Gasteiger partial charge in [0, 0.05) is 33.9 Å². The molecule has 0 aliphatic heterocycles. The number of hydrogen-bond acceptors (Lipinski definition) is 5. The Morgan fingerprint density at radius 1 is 0.938 bits per heavy atom. The van der Waals surface area contributed by atoms with Gasteiger partial charge < -0.3 is 19.6 Å². The first kappa shape index (κ1) is 27.0. The number of para-hydroxylation sites is 1. The number of esters is 1. The van der Waals surface area contributed by atoms with E-state index in [1.165, 1.54) is 12.8 Å². The van der Waals surface area contributed by atoms with Gasteiger partial charge in [-0.05, 0) is 48.7 Å². The van der Waals surface area contributed by atoms with E-state index >= 15 is 0 Å². The van der Waals surface area contributed by atoms with E-state index in [1.54, 1.807) is 24.3 Å². The molecular weight excluding hydrogens is 404 g/mol. The van der Waals surface area contributed by atoms with Gasteiger partial charge in [0.1, 0.15) is 0 Å². The second kappa shape index (κ2) is 14.1. The zero-order chi connectivity index (χ0) is 24.1. The highest BCUT2D eigenvalue weighted by atomic mass is 16.5. The SMILES string of the molecule is CCCCC(CC)COC(=O)c1ccccc1N(C)C.CN(C)c1ccc(C(=O)O)cc1. The van der Waals surface area contributed by atoms with E-state index in [9.17, 15) is 9.59 Å². The summed E-state index contributed by atoms with van der Waals surface area (Å²) >= 11 is 0. The topological polar surface area (TPSA) is 70.1 Å². The van der Waals surface area contributed by atoms with Gasteiger partial charge in [0.05, 0.1) is 23.4 Å². The van der Waals surface area contributed by atoms with Crippen LogP contribution in [-0.2, 0) is 4.74 Å². The van der Waals surface area contributed by atoms with E-state index < -0.39 is 5.97 Å². The van der Waals surface area contributed by atoms with Gasteiger partial charge in [0.2, 0.25) is 0 Å².